The van der Waals surface area contributed by atoms with Crippen LogP contribution in [0, 0.1) is 0 Å². The number of ether oxygens (including phenoxy) is 6. The fourth-order valence-electron chi connectivity index (χ4n) is 9.94. The van der Waals surface area contributed by atoms with Gasteiger partial charge in [0, 0.05) is 55.1 Å². The molecule has 89 heavy (non-hydrogen) atoms. The molecule has 3 aromatic heterocycles. The number of likely N-dealkylation sites (tertiary alicyclic amines) is 1. The number of anilines is 1. The highest BCUT2D eigenvalue weighted by molar-refractivity contribution is 8.06. The number of rotatable bonds is 37. The summed E-state index contributed by atoms with van der Waals surface area (Å²) < 4.78 is 48.9. The lowest BCUT2D eigenvalue weighted by Crippen LogP contribution is -2.37. The lowest BCUT2D eigenvalue weighted by molar-refractivity contribution is -0.138. The summed E-state index contributed by atoms with van der Waals surface area (Å²) in [5.41, 5.74) is 5.64. The van der Waals surface area contributed by atoms with Gasteiger partial charge in [-0.1, -0.05) is 96.1 Å². The molecule has 4 amide bonds. The van der Waals surface area contributed by atoms with Crippen molar-refractivity contribution in [2.45, 2.75) is 76.4 Å². The number of hydrogen-bond donors (Lipinski definition) is 4. The van der Waals surface area contributed by atoms with Crippen LogP contribution in [0.1, 0.15) is 56.2 Å². The van der Waals surface area contributed by atoms with Crippen molar-refractivity contribution < 1.29 is 71.4 Å². The third kappa shape index (κ3) is 19.1. The predicted octanol–water partition coefficient (Wildman–Crippen LogP) is 6.43. The van der Waals surface area contributed by atoms with Gasteiger partial charge in [0.15, 0.2) is 16.8 Å². The Bertz CT molecular complexity index is 3600. The standard InChI is InChI=1S/C61H72N9O16PS2/c71-50-19-18-48-51(72)38-52(43-12-4-3-5-13-43)86-59(48)60(50)84-42-45-41-67(65-63-45)24-27-79-29-31-81-33-35-83-36-34-82-32-30-80-28-25-70-58-46-15-7-6-14-44(46)40-69(49-17-9-8-16-47(49)57(58)64-66-70)55(74)20-22-62-54(73)21-23-68-56(75)39-53(61(68)76)89-37-11-2-1-10-26-85-87(77,78)88/h3-9,12-19,38,41,53,71H,1-2,10-11,20-37,39-40,42H2,(H,62,73)(H2,77,78,88). The number of phenols is 1. The van der Waals surface area contributed by atoms with Crippen LogP contribution >= 0.6 is 18.5 Å². The number of aromatic hydroxyl groups is 1. The number of fused-ring (bicyclic) bond motifs is 6. The van der Waals surface area contributed by atoms with Gasteiger partial charge in [-0.05, 0) is 54.2 Å². The summed E-state index contributed by atoms with van der Waals surface area (Å²) in [6.07, 6.45) is 4.80. The monoisotopic (exact) mass is 1280 g/mol. The van der Waals surface area contributed by atoms with E-state index in [9.17, 15) is 29.1 Å². The Balaban J connectivity index is 0.616. The first-order valence-electron chi connectivity index (χ1n) is 29.4. The lowest BCUT2D eigenvalue weighted by atomic mass is 9.95. The van der Waals surface area contributed by atoms with Crippen LogP contribution in [-0.4, -0.2) is 170 Å². The first-order chi connectivity index (χ1) is 43.3. The van der Waals surface area contributed by atoms with Crippen LogP contribution in [0.3, 0.4) is 0 Å². The average Bonchev–Trinajstić information content (AvgIpc) is 1.79. The molecule has 1 saturated heterocycles. The van der Waals surface area contributed by atoms with Gasteiger partial charge in [-0.2, -0.15) is 0 Å². The Morgan fingerprint density at radius 2 is 1.40 bits per heavy atom. The third-order valence-corrected chi connectivity index (χ3v) is 16.5. The first-order valence-corrected chi connectivity index (χ1v) is 33.1. The van der Waals surface area contributed by atoms with Gasteiger partial charge in [-0.15, -0.1) is 22.0 Å². The topological polar surface area (TPSA) is 304 Å². The molecule has 474 valence electrons. The van der Waals surface area contributed by atoms with E-state index >= 15 is 0 Å². The highest BCUT2D eigenvalue weighted by Gasteiger charge is 2.38. The van der Waals surface area contributed by atoms with Crippen molar-refractivity contribution in [2.24, 2.45) is 0 Å². The van der Waals surface area contributed by atoms with Crippen LogP contribution in [0.5, 0.6) is 11.5 Å². The number of nitrogens with zero attached hydrogens (tertiary/aromatic N) is 8. The van der Waals surface area contributed by atoms with E-state index in [2.05, 4.69) is 37.7 Å². The molecule has 2 aliphatic rings. The Labute approximate surface area is 522 Å². The van der Waals surface area contributed by atoms with Gasteiger partial charge < -0.3 is 62.5 Å². The number of para-hydroxylation sites is 1. The molecule has 9 rings (SSSR count). The molecule has 7 aromatic rings. The molecule has 2 aliphatic heterocycles. The molecule has 1 fully saturated rings. The van der Waals surface area contributed by atoms with Crippen LogP contribution in [0.15, 0.2) is 112 Å². The molecular formula is C61H72N9O16PS2. The van der Waals surface area contributed by atoms with Gasteiger partial charge in [-0.3, -0.25) is 28.9 Å². The Hall–Kier alpha value is -7.27. The summed E-state index contributed by atoms with van der Waals surface area (Å²) in [6.45, 7) is 1.39. The number of phenolic OH excluding ortho intramolecular Hbond substituents is 1. The number of carbonyl (C=O) groups is 4. The zero-order chi connectivity index (χ0) is 62.4. The van der Waals surface area contributed by atoms with Crippen molar-refractivity contribution in [1.82, 2.24) is 40.2 Å². The van der Waals surface area contributed by atoms with Gasteiger partial charge >= 0.3 is 6.72 Å². The quantitative estimate of drug-likeness (QED) is 0.0185. The van der Waals surface area contributed by atoms with E-state index < -0.39 is 12.0 Å². The van der Waals surface area contributed by atoms with Crippen LogP contribution in [0.2, 0.25) is 0 Å². The predicted molar refractivity (Wildman–Crippen MR) is 333 cm³/mol. The molecule has 4 N–H and O–H groups in total. The van der Waals surface area contributed by atoms with Crippen molar-refractivity contribution >= 4 is 70.6 Å². The molecule has 28 heteroatoms. The number of nitrogens with one attached hydrogen (secondary N) is 1. The summed E-state index contributed by atoms with van der Waals surface area (Å²) in [6, 6.07) is 28.8. The average molecular weight is 1280 g/mol. The van der Waals surface area contributed by atoms with Crippen molar-refractivity contribution in [3.63, 3.8) is 0 Å². The summed E-state index contributed by atoms with van der Waals surface area (Å²) in [4.78, 5) is 86.9. The van der Waals surface area contributed by atoms with Gasteiger partial charge in [0.05, 0.1) is 121 Å². The molecule has 0 spiro atoms. The molecule has 1 unspecified atom stereocenters. The number of unbranched alkanes of at least 4 members (excludes halogenated alkanes) is 3. The molecule has 0 bridgehead atoms. The second-order valence-electron chi connectivity index (χ2n) is 20.7. The van der Waals surface area contributed by atoms with E-state index in [0.29, 0.717) is 120 Å². The van der Waals surface area contributed by atoms with Crippen molar-refractivity contribution in [2.75, 3.05) is 96.4 Å². The highest BCUT2D eigenvalue weighted by Crippen LogP contribution is 2.42. The first kappa shape index (κ1) is 66.2. The van der Waals surface area contributed by atoms with Crippen molar-refractivity contribution in [3.8, 4) is 45.3 Å². The number of imide groups is 1. The Kier molecular flexibility index (Phi) is 24.9. The SMILES string of the molecule is O=C(CCN1C(=O)CC(SCCCCCCOP(O)(O)=S)C1=O)NCCC(=O)N1Cc2ccccc2-c2c(nnn2CCOCCOCCOCCOCCOCCn2cc(COc3c(O)ccc4c(=O)cc(-c5ccccc5)oc34)nn2)-c2ccccc21. The van der Waals surface area contributed by atoms with E-state index in [1.807, 2.05) is 83.5 Å². The molecular weight excluding hydrogens is 1210 g/mol. The molecule has 25 nitrogen and oxygen atoms in total. The maximum Gasteiger partial charge on any atom is 0.321 e. The van der Waals surface area contributed by atoms with Crippen LogP contribution < -0.4 is 20.4 Å². The maximum absolute atomic E-state index is 14.1. The molecule has 4 aromatic carbocycles. The minimum absolute atomic E-state index is 0.00137. The van der Waals surface area contributed by atoms with E-state index in [-0.39, 0.29) is 104 Å². The molecule has 0 radical (unpaired) electrons. The van der Waals surface area contributed by atoms with E-state index in [4.69, 9.17) is 47.1 Å². The second kappa shape index (κ2) is 33.5. The fourth-order valence-corrected chi connectivity index (χ4v) is 11.7. The molecule has 1 atom stereocenters. The zero-order valence-corrected chi connectivity index (χ0v) is 51.6. The van der Waals surface area contributed by atoms with Gasteiger partial charge in [0.1, 0.15) is 23.8 Å². The lowest BCUT2D eigenvalue weighted by Gasteiger charge is -2.28. The number of amides is 4. The molecule has 5 heterocycles. The fraction of sp³-hybridized carbons (Fsp3) is 0.426. The smallest absolute Gasteiger partial charge is 0.321 e. The summed E-state index contributed by atoms with van der Waals surface area (Å²) in [5, 5.41) is 30.7. The summed E-state index contributed by atoms with van der Waals surface area (Å²) in [7, 11) is 0. The van der Waals surface area contributed by atoms with Crippen LogP contribution in [0.25, 0.3) is 44.8 Å². The largest absolute Gasteiger partial charge is 0.504 e. The summed E-state index contributed by atoms with van der Waals surface area (Å²) >= 11 is 5.87. The van der Waals surface area contributed by atoms with Gasteiger partial charge in [0.2, 0.25) is 29.4 Å². The number of carbonyl (C=O) groups excluding carboxylic acids is 4. The number of aromatic nitrogens is 6. The van der Waals surface area contributed by atoms with Crippen LogP contribution in [0.4, 0.5) is 5.69 Å². The number of benzene rings is 4. The van der Waals surface area contributed by atoms with Gasteiger partial charge in [-0.25, -0.2) is 9.36 Å². The second-order valence-corrected chi connectivity index (χ2v) is 24.6. The van der Waals surface area contributed by atoms with Crippen LogP contribution in [-0.2, 0) is 85.4 Å². The third-order valence-electron chi connectivity index (χ3n) is 14.4. The Morgan fingerprint density at radius 1 is 0.730 bits per heavy atom. The number of thioether (sulfide) groups is 1. The zero-order valence-electron chi connectivity index (χ0n) is 49.1. The molecule has 0 aliphatic carbocycles. The van der Waals surface area contributed by atoms with E-state index in [1.165, 1.54) is 30.0 Å². The van der Waals surface area contributed by atoms with E-state index in [0.717, 1.165) is 46.5 Å². The highest BCUT2D eigenvalue weighted by atomic mass is 32.5. The Morgan fingerprint density at radius 3 is 2.15 bits per heavy atom. The summed E-state index contributed by atoms with van der Waals surface area (Å²) in [5.74, 6) is -0.310. The minimum Gasteiger partial charge on any atom is -0.504 e. The van der Waals surface area contributed by atoms with Gasteiger partial charge in [0.25, 0.3) is 0 Å². The van der Waals surface area contributed by atoms with E-state index in [1.54, 1.807) is 15.8 Å². The molecule has 0 saturated carbocycles. The number of hydrogen-bond acceptors (Lipinski definition) is 20. The minimum atomic E-state index is -3.64. The maximum atomic E-state index is 14.1. The van der Waals surface area contributed by atoms with Crippen molar-refractivity contribution in [3.05, 3.63) is 125 Å². The van der Waals surface area contributed by atoms with Crippen molar-refractivity contribution in [1.29, 1.82) is 0 Å². The normalized spacial score (nSPS) is 14.0.